The molecule has 1 heterocycles. The number of benzene rings is 1. The van der Waals surface area contributed by atoms with Crippen LogP contribution in [-0.2, 0) is 22.7 Å². The van der Waals surface area contributed by atoms with Crippen LogP contribution in [0.15, 0.2) is 18.2 Å². The highest BCUT2D eigenvalue weighted by molar-refractivity contribution is 5.92. The van der Waals surface area contributed by atoms with Crippen molar-refractivity contribution in [2.75, 3.05) is 19.6 Å². The Balaban J connectivity index is 2.10. The third-order valence-corrected chi connectivity index (χ3v) is 3.56. The van der Waals surface area contributed by atoms with E-state index in [4.69, 9.17) is 5.73 Å². The van der Waals surface area contributed by atoms with Crippen LogP contribution in [0.4, 0.5) is 4.39 Å². The number of hydrogen-bond acceptors (Lipinski definition) is 3. The zero-order valence-electron chi connectivity index (χ0n) is 12.1. The summed E-state index contributed by atoms with van der Waals surface area (Å²) in [5.74, 6) is -0.629. The molecule has 0 saturated carbocycles. The fourth-order valence-corrected chi connectivity index (χ4v) is 2.40. The van der Waals surface area contributed by atoms with Crippen molar-refractivity contribution in [2.45, 2.75) is 26.4 Å². The predicted molar refractivity (Wildman–Crippen MR) is 76.6 cm³/mol. The van der Waals surface area contributed by atoms with Crippen LogP contribution in [-0.4, -0.2) is 41.2 Å². The molecule has 0 aliphatic carbocycles. The summed E-state index contributed by atoms with van der Waals surface area (Å²) < 4.78 is 13.8. The number of nitrogens with zero attached hydrogens (tertiary/aromatic N) is 2. The smallest absolute Gasteiger partial charge is 0.242 e. The molecule has 0 bridgehead atoms. The average molecular weight is 293 g/mol. The van der Waals surface area contributed by atoms with Gasteiger partial charge in [0.05, 0.1) is 6.54 Å². The van der Waals surface area contributed by atoms with Crippen molar-refractivity contribution in [1.29, 1.82) is 0 Å². The monoisotopic (exact) mass is 293 g/mol. The summed E-state index contributed by atoms with van der Waals surface area (Å²) in [5.41, 5.74) is 6.73. The number of carbonyl (C=O) groups is 2. The van der Waals surface area contributed by atoms with Gasteiger partial charge in [0, 0.05) is 25.2 Å². The highest BCUT2D eigenvalue weighted by Gasteiger charge is 2.29. The van der Waals surface area contributed by atoms with E-state index in [0.29, 0.717) is 18.7 Å². The molecule has 2 rings (SSSR count). The van der Waals surface area contributed by atoms with E-state index >= 15 is 0 Å². The minimum Gasteiger partial charge on any atom is -0.332 e. The molecular formula is C15H20FN3O2. The zero-order chi connectivity index (χ0) is 15.4. The molecule has 114 valence electrons. The maximum absolute atomic E-state index is 13.8. The van der Waals surface area contributed by atoms with Gasteiger partial charge in [0.25, 0.3) is 0 Å². The van der Waals surface area contributed by atoms with Crippen molar-refractivity contribution in [1.82, 2.24) is 9.80 Å². The van der Waals surface area contributed by atoms with Crippen LogP contribution in [0.5, 0.6) is 0 Å². The van der Waals surface area contributed by atoms with Crippen LogP contribution < -0.4 is 5.73 Å². The number of piperazine rings is 1. The lowest BCUT2D eigenvalue weighted by molar-refractivity contribution is -0.150. The Bertz CT molecular complexity index is 548. The normalized spacial score (nSPS) is 15.8. The van der Waals surface area contributed by atoms with Crippen molar-refractivity contribution in [2.24, 2.45) is 5.73 Å². The van der Waals surface area contributed by atoms with Gasteiger partial charge in [-0.2, -0.15) is 0 Å². The standard InChI is InChI=1S/C15H20FN3O2/c1-2-5-18-9-15(21)19(10-14(18)20)8-12-6-11(7-17)3-4-13(12)16/h3-4,6H,2,5,7-10,17H2,1H3. The molecule has 1 aromatic rings. The molecule has 0 spiro atoms. The Morgan fingerprint density at radius 3 is 2.52 bits per heavy atom. The van der Waals surface area contributed by atoms with Crippen LogP contribution in [0.2, 0.25) is 0 Å². The van der Waals surface area contributed by atoms with Gasteiger partial charge in [0.2, 0.25) is 11.8 Å². The maximum Gasteiger partial charge on any atom is 0.242 e. The Hall–Kier alpha value is -1.95. The fraction of sp³-hybridized carbons (Fsp3) is 0.467. The molecule has 1 fully saturated rings. The van der Waals surface area contributed by atoms with E-state index in [2.05, 4.69) is 0 Å². The van der Waals surface area contributed by atoms with Gasteiger partial charge < -0.3 is 15.5 Å². The van der Waals surface area contributed by atoms with Gasteiger partial charge >= 0.3 is 0 Å². The van der Waals surface area contributed by atoms with Gasteiger partial charge in [-0.3, -0.25) is 9.59 Å². The lowest BCUT2D eigenvalue weighted by Gasteiger charge is -2.33. The molecule has 1 aliphatic heterocycles. The molecule has 21 heavy (non-hydrogen) atoms. The van der Waals surface area contributed by atoms with E-state index in [1.807, 2.05) is 6.92 Å². The molecule has 1 aliphatic rings. The van der Waals surface area contributed by atoms with Crippen molar-refractivity contribution >= 4 is 11.8 Å². The van der Waals surface area contributed by atoms with Gasteiger partial charge in [0.15, 0.2) is 0 Å². The van der Waals surface area contributed by atoms with Crippen LogP contribution in [0.3, 0.4) is 0 Å². The Kier molecular flexibility index (Phi) is 4.90. The van der Waals surface area contributed by atoms with E-state index in [1.165, 1.54) is 11.0 Å². The fourth-order valence-electron chi connectivity index (χ4n) is 2.40. The predicted octanol–water partition coefficient (Wildman–Crippen LogP) is 0.865. The van der Waals surface area contributed by atoms with Crippen LogP contribution in [0.1, 0.15) is 24.5 Å². The summed E-state index contributed by atoms with van der Waals surface area (Å²) >= 11 is 0. The molecule has 0 aromatic heterocycles. The average Bonchev–Trinajstić information content (AvgIpc) is 2.46. The van der Waals surface area contributed by atoms with Crippen LogP contribution >= 0.6 is 0 Å². The van der Waals surface area contributed by atoms with Crippen molar-refractivity contribution < 1.29 is 14.0 Å². The van der Waals surface area contributed by atoms with E-state index in [-0.39, 0.29) is 37.3 Å². The number of hydrogen-bond donors (Lipinski definition) is 1. The van der Waals surface area contributed by atoms with Crippen molar-refractivity contribution in [3.8, 4) is 0 Å². The van der Waals surface area contributed by atoms with E-state index in [9.17, 15) is 14.0 Å². The summed E-state index contributed by atoms with van der Waals surface area (Å²) in [4.78, 5) is 27.0. The topological polar surface area (TPSA) is 66.6 Å². The second-order valence-corrected chi connectivity index (χ2v) is 5.19. The minimum atomic E-state index is -0.386. The molecule has 0 unspecified atom stereocenters. The summed E-state index contributed by atoms with van der Waals surface area (Å²) in [6.07, 6.45) is 0.812. The molecule has 1 aromatic carbocycles. The Morgan fingerprint density at radius 2 is 1.86 bits per heavy atom. The number of rotatable bonds is 5. The quantitative estimate of drug-likeness (QED) is 0.876. The first-order chi connectivity index (χ1) is 10.0. The number of nitrogens with two attached hydrogens (primary N) is 1. The molecule has 1 saturated heterocycles. The van der Waals surface area contributed by atoms with Crippen LogP contribution in [0, 0.1) is 5.82 Å². The summed E-state index contributed by atoms with van der Waals surface area (Å²) in [6, 6.07) is 4.60. The zero-order valence-corrected chi connectivity index (χ0v) is 12.1. The summed E-state index contributed by atoms with van der Waals surface area (Å²) in [5, 5.41) is 0. The first-order valence-electron chi connectivity index (χ1n) is 7.08. The lowest BCUT2D eigenvalue weighted by atomic mass is 10.1. The first-order valence-corrected chi connectivity index (χ1v) is 7.08. The largest absolute Gasteiger partial charge is 0.332 e. The third kappa shape index (κ3) is 3.58. The van der Waals surface area contributed by atoms with Gasteiger partial charge in [0.1, 0.15) is 12.4 Å². The maximum atomic E-state index is 13.8. The SMILES string of the molecule is CCCN1CC(=O)N(Cc2cc(CN)ccc2F)CC1=O. The van der Waals surface area contributed by atoms with E-state index < -0.39 is 0 Å². The van der Waals surface area contributed by atoms with Crippen LogP contribution in [0.25, 0.3) is 0 Å². The molecule has 2 N–H and O–H groups in total. The summed E-state index contributed by atoms with van der Waals surface area (Å²) in [6.45, 7) is 3.03. The number of carbonyl (C=O) groups excluding carboxylic acids is 2. The molecule has 5 nitrogen and oxygen atoms in total. The molecule has 0 radical (unpaired) electrons. The van der Waals surface area contributed by atoms with E-state index in [1.54, 1.807) is 17.0 Å². The lowest BCUT2D eigenvalue weighted by Crippen LogP contribution is -2.53. The third-order valence-electron chi connectivity index (χ3n) is 3.56. The van der Waals surface area contributed by atoms with Crippen molar-refractivity contribution in [3.63, 3.8) is 0 Å². The second kappa shape index (κ2) is 6.67. The van der Waals surface area contributed by atoms with Crippen molar-refractivity contribution in [3.05, 3.63) is 35.1 Å². The minimum absolute atomic E-state index is 0.00509. The first kappa shape index (κ1) is 15.4. The molecule has 0 atom stereocenters. The van der Waals surface area contributed by atoms with E-state index in [0.717, 1.165) is 12.0 Å². The second-order valence-electron chi connectivity index (χ2n) is 5.19. The molecular weight excluding hydrogens is 273 g/mol. The number of halogens is 1. The highest BCUT2D eigenvalue weighted by Crippen LogP contribution is 2.15. The van der Waals surface area contributed by atoms with Gasteiger partial charge in [-0.1, -0.05) is 13.0 Å². The highest BCUT2D eigenvalue weighted by atomic mass is 19.1. The van der Waals surface area contributed by atoms with Gasteiger partial charge in [-0.05, 0) is 24.1 Å². The Morgan fingerprint density at radius 1 is 1.19 bits per heavy atom. The number of amides is 2. The summed E-state index contributed by atoms with van der Waals surface area (Å²) in [7, 11) is 0. The van der Waals surface area contributed by atoms with Gasteiger partial charge in [-0.25, -0.2) is 4.39 Å². The Labute approximate surface area is 123 Å². The molecule has 2 amide bonds. The van der Waals surface area contributed by atoms with Gasteiger partial charge in [-0.15, -0.1) is 0 Å². The molecule has 6 heteroatoms.